The number of benzene rings is 1. The summed E-state index contributed by atoms with van der Waals surface area (Å²) in [7, 11) is -3.37. The molecule has 4 rings (SSSR count). The van der Waals surface area contributed by atoms with Gasteiger partial charge in [0.05, 0.1) is 4.90 Å². The molecule has 2 fully saturated rings. The molecule has 1 aromatic heterocycles. The van der Waals surface area contributed by atoms with Gasteiger partial charge in [-0.3, -0.25) is 0 Å². The maximum absolute atomic E-state index is 12.7. The van der Waals surface area contributed by atoms with Gasteiger partial charge >= 0.3 is 0 Å². The van der Waals surface area contributed by atoms with Crippen LogP contribution in [0.2, 0.25) is 0 Å². The summed E-state index contributed by atoms with van der Waals surface area (Å²) in [4.78, 5) is 9.30. The monoisotopic (exact) mass is 372 g/mol. The Bertz CT molecular complexity index is 845. The molecule has 1 aliphatic heterocycles. The van der Waals surface area contributed by atoms with Crippen LogP contribution in [0.25, 0.3) is 0 Å². The van der Waals surface area contributed by atoms with E-state index in [1.54, 1.807) is 28.6 Å². The quantitative estimate of drug-likeness (QED) is 0.844. The molecule has 0 amide bonds. The zero-order valence-corrected chi connectivity index (χ0v) is 15.5. The Hall–Kier alpha value is -1.99. The Kier molecular flexibility index (Phi) is 4.91. The van der Waals surface area contributed by atoms with Crippen LogP contribution in [-0.4, -0.2) is 42.3 Å². The molecule has 0 unspecified atom stereocenters. The van der Waals surface area contributed by atoms with Crippen molar-refractivity contribution in [2.24, 2.45) is 5.92 Å². The summed E-state index contributed by atoms with van der Waals surface area (Å²) in [5.41, 5.74) is 0. The molecule has 1 N–H and O–H groups in total. The number of nitrogens with zero attached hydrogens (tertiary/aromatic N) is 3. The summed E-state index contributed by atoms with van der Waals surface area (Å²) in [6.45, 7) is 1.96. The van der Waals surface area contributed by atoms with Gasteiger partial charge in [0.1, 0.15) is 11.6 Å². The first-order valence-electron chi connectivity index (χ1n) is 9.25. The molecule has 0 atom stereocenters. The molecule has 138 valence electrons. The Labute approximate surface area is 154 Å². The maximum atomic E-state index is 12.7. The van der Waals surface area contributed by atoms with E-state index >= 15 is 0 Å². The summed E-state index contributed by atoms with van der Waals surface area (Å²) < 4.78 is 27.0. The number of aromatic nitrogens is 2. The van der Waals surface area contributed by atoms with Gasteiger partial charge < -0.3 is 5.32 Å². The van der Waals surface area contributed by atoms with E-state index in [9.17, 15) is 8.42 Å². The van der Waals surface area contributed by atoms with Crippen LogP contribution < -0.4 is 5.32 Å². The minimum absolute atomic E-state index is 0.380. The predicted octanol–water partition coefficient (Wildman–Crippen LogP) is 2.87. The molecule has 1 saturated heterocycles. The van der Waals surface area contributed by atoms with Gasteiger partial charge in [-0.15, -0.1) is 0 Å². The van der Waals surface area contributed by atoms with Crippen LogP contribution in [0.5, 0.6) is 0 Å². The van der Waals surface area contributed by atoms with Crippen LogP contribution in [0.4, 0.5) is 5.82 Å². The second kappa shape index (κ2) is 7.32. The fourth-order valence-electron chi connectivity index (χ4n) is 3.35. The van der Waals surface area contributed by atoms with Crippen LogP contribution in [0.3, 0.4) is 0 Å². The van der Waals surface area contributed by atoms with Crippen LogP contribution in [0.1, 0.15) is 37.4 Å². The van der Waals surface area contributed by atoms with Gasteiger partial charge in [-0.2, -0.15) is 4.31 Å². The number of anilines is 1. The smallest absolute Gasteiger partial charge is 0.243 e. The molecular formula is C19H24N4O2S. The molecule has 2 aromatic rings. The Morgan fingerprint density at radius 1 is 1.04 bits per heavy atom. The minimum Gasteiger partial charge on any atom is -0.370 e. The number of hydrogen-bond donors (Lipinski definition) is 1. The van der Waals surface area contributed by atoms with Gasteiger partial charge in [0.25, 0.3) is 0 Å². The van der Waals surface area contributed by atoms with E-state index in [1.807, 2.05) is 18.3 Å². The van der Waals surface area contributed by atoms with E-state index in [-0.39, 0.29) is 0 Å². The van der Waals surface area contributed by atoms with E-state index in [0.29, 0.717) is 29.8 Å². The van der Waals surface area contributed by atoms with Crippen LogP contribution in [0.15, 0.2) is 47.5 Å². The molecule has 7 heteroatoms. The van der Waals surface area contributed by atoms with Crippen molar-refractivity contribution in [3.8, 4) is 0 Å². The lowest BCUT2D eigenvalue weighted by molar-refractivity contribution is 0.282. The molecule has 26 heavy (non-hydrogen) atoms. The van der Waals surface area contributed by atoms with Gasteiger partial charge in [0.15, 0.2) is 0 Å². The largest absolute Gasteiger partial charge is 0.370 e. The zero-order chi connectivity index (χ0) is 18.0. The second-order valence-corrected chi connectivity index (χ2v) is 9.05. The molecule has 2 aliphatic rings. The normalized spacial score (nSPS) is 19.4. The fourth-order valence-corrected chi connectivity index (χ4v) is 4.85. The number of sulfonamides is 1. The van der Waals surface area contributed by atoms with Crippen molar-refractivity contribution in [3.05, 3.63) is 48.4 Å². The number of piperidine rings is 1. The van der Waals surface area contributed by atoms with Crippen molar-refractivity contribution < 1.29 is 8.42 Å². The van der Waals surface area contributed by atoms with E-state index in [4.69, 9.17) is 0 Å². The number of hydrogen-bond acceptors (Lipinski definition) is 5. The highest BCUT2D eigenvalue weighted by molar-refractivity contribution is 7.89. The van der Waals surface area contributed by atoms with E-state index in [2.05, 4.69) is 15.3 Å². The summed E-state index contributed by atoms with van der Waals surface area (Å²) >= 11 is 0. The Morgan fingerprint density at radius 2 is 1.77 bits per heavy atom. The molecule has 0 spiro atoms. The summed E-state index contributed by atoms with van der Waals surface area (Å²) in [5, 5.41) is 3.40. The first kappa shape index (κ1) is 17.4. The Balaban J connectivity index is 1.30. The zero-order valence-electron chi connectivity index (χ0n) is 14.7. The third-order valence-electron chi connectivity index (χ3n) is 5.14. The van der Waals surface area contributed by atoms with E-state index in [1.165, 1.54) is 12.8 Å². The average molecular weight is 372 g/mol. The molecule has 0 bridgehead atoms. The fraction of sp³-hybridized carbons (Fsp3) is 0.474. The lowest BCUT2D eigenvalue weighted by atomic mass is 9.98. The van der Waals surface area contributed by atoms with Gasteiger partial charge in [-0.1, -0.05) is 18.2 Å². The highest BCUT2D eigenvalue weighted by Crippen LogP contribution is 2.38. The predicted molar refractivity (Wildman–Crippen MR) is 100 cm³/mol. The van der Waals surface area contributed by atoms with Crippen molar-refractivity contribution in [1.29, 1.82) is 0 Å². The highest BCUT2D eigenvalue weighted by atomic mass is 32.2. The number of nitrogens with one attached hydrogen (secondary N) is 1. The Morgan fingerprint density at radius 3 is 2.46 bits per heavy atom. The third kappa shape index (κ3) is 3.88. The number of rotatable bonds is 6. The first-order chi connectivity index (χ1) is 12.6. The van der Waals surface area contributed by atoms with Crippen LogP contribution >= 0.6 is 0 Å². The topological polar surface area (TPSA) is 75.2 Å². The van der Waals surface area contributed by atoms with Crippen LogP contribution in [0, 0.1) is 5.92 Å². The summed E-state index contributed by atoms with van der Waals surface area (Å²) in [6.07, 6.45) is 5.92. The van der Waals surface area contributed by atoms with E-state index < -0.39 is 10.0 Å². The summed E-state index contributed by atoms with van der Waals surface area (Å²) in [6, 6.07) is 10.6. The maximum Gasteiger partial charge on any atom is 0.243 e. The van der Waals surface area contributed by atoms with Crippen molar-refractivity contribution in [2.45, 2.75) is 36.5 Å². The minimum atomic E-state index is -3.37. The molecular weight excluding hydrogens is 348 g/mol. The standard InChI is InChI=1S/C19H24N4O2S/c24-26(25,17-4-2-1-3-5-17)23-12-9-15(10-13-23)14-21-18-8-11-20-19(22-18)16-6-7-16/h1-5,8,11,15-16H,6-7,9-10,12-14H2,(H,20,21,22). The summed E-state index contributed by atoms with van der Waals surface area (Å²) in [5.74, 6) is 2.82. The lowest BCUT2D eigenvalue weighted by Gasteiger charge is -2.31. The molecule has 2 heterocycles. The molecule has 1 saturated carbocycles. The van der Waals surface area contributed by atoms with Gasteiger partial charge in [-0.05, 0) is 49.8 Å². The van der Waals surface area contributed by atoms with Crippen molar-refractivity contribution >= 4 is 15.8 Å². The van der Waals surface area contributed by atoms with Crippen molar-refractivity contribution in [2.75, 3.05) is 25.0 Å². The van der Waals surface area contributed by atoms with Crippen molar-refractivity contribution in [3.63, 3.8) is 0 Å². The van der Waals surface area contributed by atoms with Gasteiger partial charge in [0.2, 0.25) is 10.0 Å². The van der Waals surface area contributed by atoms with Gasteiger partial charge in [-0.25, -0.2) is 18.4 Å². The SMILES string of the molecule is O=S(=O)(c1ccccc1)N1CCC(CNc2ccnc(C3CC3)n2)CC1. The first-order valence-corrected chi connectivity index (χ1v) is 10.7. The molecule has 6 nitrogen and oxygen atoms in total. The van der Waals surface area contributed by atoms with E-state index in [0.717, 1.165) is 31.0 Å². The van der Waals surface area contributed by atoms with Gasteiger partial charge in [0, 0.05) is 31.7 Å². The molecule has 0 radical (unpaired) electrons. The average Bonchev–Trinajstić information content (AvgIpc) is 3.53. The van der Waals surface area contributed by atoms with Crippen LogP contribution in [-0.2, 0) is 10.0 Å². The molecule has 1 aliphatic carbocycles. The third-order valence-corrected chi connectivity index (χ3v) is 7.06. The highest BCUT2D eigenvalue weighted by Gasteiger charge is 2.29. The second-order valence-electron chi connectivity index (χ2n) is 7.12. The lowest BCUT2D eigenvalue weighted by Crippen LogP contribution is -2.39. The van der Waals surface area contributed by atoms with Crippen molar-refractivity contribution in [1.82, 2.24) is 14.3 Å². The molecule has 1 aromatic carbocycles.